The minimum Gasteiger partial charge on any atom is -0.397 e. The summed E-state index contributed by atoms with van der Waals surface area (Å²) in [5.41, 5.74) is 8.46. The average Bonchev–Trinajstić information content (AvgIpc) is 2.23. The van der Waals surface area contributed by atoms with E-state index in [2.05, 4.69) is 18.8 Å². The molecule has 2 N–H and O–H groups in total. The second-order valence-corrected chi connectivity index (χ2v) is 4.33. The summed E-state index contributed by atoms with van der Waals surface area (Å²) >= 11 is 5.94. The number of fused-ring (bicyclic) bond motifs is 1. The molecule has 0 aliphatic carbocycles. The number of nitrogens with zero attached hydrogens (tertiary/aromatic N) is 1. The summed E-state index contributed by atoms with van der Waals surface area (Å²) in [7, 11) is 0. The smallest absolute Gasteiger partial charge is 0.0727 e. The fourth-order valence-electron chi connectivity index (χ4n) is 1.54. The molecule has 0 atom stereocenters. The van der Waals surface area contributed by atoms with Gasteiger partial charge in [0.25, 0.3) is 0 Å². The molecule has 1 aromatic heterocycles. The van der Waals surface area contributed by atoms with Gasteiger partial charge in [-0.1, -0.05) is 25.4 Å². The maximum absolute atomic E-state index is 5.94. The van der Waals surface area contributed by atoms with Crippen molar-refractivity contribution in [1.82, 2.24) is 4.98 Å². The van der Waals surface area contributed by atoms with Crippen LogP contribution in [-0.2, 0) is 0 Å². The van der Waals surface area contributed by atoms with Gasteiger partial charge in [0.05, 0.1) is 16.2 Å². The first-order valence-electron chi connectivity index (χ1n) is 4.94. The van der Waals surface area contributed by atoms with Gasteiger partial charge in [-0.25, -0.2) is 0 Å². The molecule has 2 nitrogen and oxygen atoms in total. The molecule has 78 valence electrons. The summed E-state index contributed by atoms with van der Waals surface area (Å²) in [4.78, 5) is 4.54. The molecule has 3 heteroatoms. The van der Waals surface area contributed by atoms with Gasteiger partial charge in [0.15, 0.2) is 0 Å². The van der Waals surface area contributed by atoms with Crippen LogP contribution in [0.5, 0.6) is 0 Å². The highest BCUT2D eigenvalue weighted by molar-refractivity contribution is 6.34. The fourth-order valence-corrected chi connectivity index (χ4v) is 1.70. The number of halogens is 1. The molecule has 1 heterocycles. The van der Waals surface area contributed by atoms with Crippen LogP contribution in [0, 0.1) is 0 Å². The zero-order valence-corrected chi connectivity index (χ0v) is 9.55. The molecule has 0 aliphatic rings. The summed E-state index contributed by atoms with van der Waals surface area (Å²) in [5, 5.41) is 1.51. The summed E-state index contributed by atoms with van der Waals surface area (Å²) in [6, 6.07) is 7.68. The number of rotatable bonds is 1. The Labute approximate surface area is 94.1 Å². The van der Waals surface area contributed by atoms with Gasteiger partial charge in [-0.3, -0.25) is 4.98 Å². The monoisotopic (exact) mass is 220 g/mol. The molecule has 0 radical (unpaired) electrons. The van der Waals surface area contributed by atoms with Crippen molar-refractivity contribution in [3.05, 3.63) is 35.0 Å². The van der Waals surface area contributed by atoms with E-state index in [1.807, 2.05) is 18.2 Å². The molecule has 15 heavy (non-hydrogen) atoms. The maximum Gasteiger partial charge on any atom is 0.0727 e. The minimum atomic E-state index is 0.423. The Morgan fingerprint density at radius 1 is 1.20 bits per heavy atom. The number of pyridine rings is 1. The van der Waals surface area contributed by atoms with Gasteiger partial charge < -0.3 is 5.73 Å². The Morgan fingerprint density at radius 3 is 2.60 bits per heavy atom. The van der Waals surface area contributed by atoms with E-state index in [0.717, 1.165) is 16.6 Å². The van der Waals surface area contributed by atoms with Gasteiger partial charge in [0, 0.05) is 11.1 Å². The van der Waals surface area contributed by atoms with E-state index in [-0.39, 0.29) is 0 Å². The fraction of sp³-hybridized carbons (Fsp3) is 0.250. The van der Waals surface area contributed by atoms with Crippen molar-refractivity contribution in [2.45, 2.75) is 19.8 Å². The number of aromatic nitrogens is 1. The first-order valence-corrected chi connectivity index (χ1v) is 5.32. The van der Waals surface area contributed by atoms with Crippen LogP contribution in [-0.4, -0.2) is 4.98 Å². The van der Waals surface area contributed by atoms with Gasteiger partial charge >= 0.3 is 0 Å². The van der Waals surface area contributed by atoms with Crippen LogP contribution < -0.4 is 5.73 Å². The molecule has 2 aromatic rings. The van der Waals surface area contributed by atoms with E-state index in [1.165, 1.54) is 0 Å². The molecular formula is C12H13ClN2. The third kappa shape index (κ3) is 1.77. The predicted octanol–water partition coefficient (Wildman–Crippen LogP) is 3.59. The average molecular weight is 221 g/mol. The van der Waals surface area contributed by atoms with Crippen LogP contribution in [0.15, 0.2) is 24.3 Å². The molecule has 0 bridgehead atoms. The normalized spacial score (nSPS) is 11.2. The molecule has 0 amide bonds. The zero-order chi connectivity index (χ0) is 11.0. The Balaban J connectivity index is 2.70. The Bertz CT molecular complexity index is 506. The summed E-state index contributed by atoms with van der Waals surface area (Å²) in [6.45, 7) is 4.24. The lowest BCUT2D eigenvalue weighted by Gasteiger charge is -2.08. The predicted molar refractivity (Wildman–Crippen MR) is 65.3 cm³/mol. The van der Waals surface area contributed by atoms with Crippen molar-refractivity contribution in [2.75, 3.05) is 5.73 Å². The number of hydrogen-bond donors (Lipinski definition) is 1. The highest BCUT2D eigenvalue weighted by Crippen LogP contribution is 2.28. The quantitative estimate of drug-likeness (QED) is 0.746. The second kappa shape index (κ2) is 3.70. The van der Waals surface area contributed by atoms with Crippen molar-refractivity contribution in [3.8, 4) is 0 Å². The zero-order valence-electron chi connectivity index (χ0n) is 8.79. The maximum atomic E-state index is 5.94. The van der Waals surface area contributed by atoms with Crippen molar-refractivity contribution >= 4 is 28.2 Å². The second-order valence-electron chi connectivity index (χ2n) is 3.92. The van der Waals surface area contributed by atoms with E-state index in [9.17, 15) is 0 Å². The van der Waals surface area contributed by atoms with Crippen LogP contribution in [0.3, 0.4) is 0 Å². The Kier molecular flexibility index (Phi) is 2.53. The van der Waals surface area contributed by atoms with Gasteiger partial charge in [-0.2, -0.15) is 0 Å². The molecule has 1 aromatic carbocycles. The standard InChI is InChI=1S/C12H13ClN2/c1-7(2)10-5-3-8-11(15-10)6-4-9(13)12(8)14/h3-7H,14H2,1-2H3. The van der Waals surface area contributed by atoms with Gasteiger partial charge in [0.1, 0.15) is 0 Å². The largest absolute Gasteiger partial charge is 0.397 e. The summed E-state index contributed by atoms with van der Waals surface area (Å²) in [5.74, 6) is 0.423. The van der Waals surface area contributed by atoms with Crippen LogP contribution in [0.25, 0.3) is 10.9 Å². The van der Waals surface area contributed by atoms with Gasteiger partial charge in [0.2, 0.25) is 0 Å². The third-order valence-corrected chi connectivity index (χ3v) is 2.80. The number of anilines is 1. The lowest BCUT2D eigenvalue weighted by Crippen LogP contribution is -1.95. The highest BCUT2D eigenvalue weighted by atomic mass is 35.5. The SMILES string of the molecule is CC(C)c1ccc2c(N)c(Cl)ccc2n1. The van der Waals surface area contributed by atoms with Crippen LogP contribution in [0.4, 0.5) is 5.69 Å². The number of hydrogen-bond acceptors (Lipinski definition) is 2. The van der Waals surface area contributed by atoms with Crippen molar-refractivity contribution < 1.29 is 0 Å². The molecule has 0 saturated carbocycles. The van der Waals surface area contributed by atoms with Gasteiger partial charge in [-0.05, 0) is 30.2 Å². The molecule has 0 spiro atoms. The minimum absolute atomic E-state index is 0.423. The van der Waals surface area contributed by atoms with E-state index in [0.29, 0.717) is 16.6 Å². The third-order valence-electron chi connectivity index (χ3n) is 2.47. The Hall–Kier alpha value is -1.28. The molecule has 2 rings (SSSR count). The highest BCUT2D eigenvalue weighted by Gasteiger charge is 2.06. The molecule has 0 unspecified atom stereocenters. The van der Waals surface area contributed by atoms with E-state index in [1.54, 1.807) is 6.07 Å². The topological polar surface area (TPSA) is 38.9 Å². The van der Waals surface area contributed by atoms with Crippen LogP contribution in [0.1, 0.15) is 25.5 Å². The summed E-state index contributed by atoms with van der Waals surface area (Å²) in [6.07, 6.45) is 0. The van der Waals surface area contributed by atoms with Crippen molar-refractivity contribution in [1.29, 1.82) is 0 Å². The summed E-state index contributed by atoms with van der Waals surface area (Å²) < 4.78 is 0. The number of nitrogen functional groups attached to an aromatic ring is 1. The van der Waals surface area contributed by atoms with E-state index < -0.39 is 0 Å². The molecule has 0 aliphatic heterocycles. The number of benzene rings is 1. The number of nitrogens with two attached hydrogens (primary N) is 1. The lowest BCUT2D eigenvalue weighted by molar-refractivity contribution is 0.830. The Morgan fingerprint density at radius 2 is 1.93 bits per heavy atom. The van der Waals surface area contributed by atoms with Crippen molar-refractivity contribution in [2.24, 2.45) is 0 Å². The molecule has 0 fully saturated rings. The van der Waals surface area contributed by atoms with E-state index >= 15 is 0 Å². The first-order chi connectivity index (χ1) is 7.09. The first kappa shape index (κ1) is 10.2. The lowest BCUT2D eigenvalue weighted by atomic mass is 10.1. The van der Waals surface area contributed by atoms with Crippen molar-refractivity contribution in [3.63, 3.8) is 0 Å². The molecule has 0 saturated heterocycles. The van der Waals surface area contributed by atoms with E-state index in [4.69, 9.17) is 17.3 Å². The molecular weight excluding hydrogens is 208 g/mol. The van der Waals surface area contributed by atoms with Crippen LogP contribution >= 0.6 is 11.6 Å². The van der Waals surface area contributed by atoms with Crippen LogP contribution in [0.2, 0.25) is 5.02 Å². The van der Waals surface area contributed by atoms with Gasteiger partial charge in [-0.15, -0.1) is 0 Å².